The molecular weight excluding hydrogens is 342 g/mol. The molecule has 0 aromatic heterocycles. The third-order valence-corrected chi connectivity index (χ3v) is 3.21. The van der Waals surface area contributed by atoms with Crippen molar-refractivity contribution in [1.29, 1.82) is 0 Å². The van der Waals surface area contributed by atoms with Gasteiger partial charge in [0, 0.05) is 12.1 Å². The number of benzene rings is 1. The molecule has 3 rings (SSSR count). The number of nitrogens with zero attached hydrogens (tertiary/aromatic N) is 1. The summed E-state index contributed by atoms with van der Waals surface area (Å²) in [6, 6.07) is 5.83. The Balaban J connectivity index is 0.000000412. The second-order valence-corrected chi connectivity index (χ2v) is 4.84. The van der Waals surface area contributed by atoms with Crippen LogP contribution in [0.5, 0.6) is 11.5 Å². The minimum atomic E-state index is 0. The van der Waals surface area contributed by atoms with Gasteiger partial charge in [-0.25, -0.2) is 0 Å². The zero-order valence-electron chi connectivity index (χ0n) is 13.8. The molecule has 2 fully saturated rings. The second kappa shape index (κ2) is 12.4. The van der Waals surface area contributed by atoms with Gasteiger partial charge in [0.25, 0.3) is 0 Å². The van der Waals surface area contributed by atoms with E-state index in [-0.39, 0.29) is 17.1 Å². The fourth-order valence-corrected chi connectivity index (χ4v) is 2.03. The van der Waals surface area contributed by atoms with Crippen LogP contribution in [0, 0.1) is 63.7 Å². The molecule has 3 nitrogen and oxygen atoms in total. The van der Waals surface area contributed by atoms with Crippen molar-refractivity contribution in [3.63, 3.8) is 0 Å². The van der Waals surface area contributed by atoms with Crippen molar-refractivity contribution >= 4 is 6.21 Å². The van der Waals surface area contributed by atoms with Gasteiger partial charge in [-0.15, -0.1) is 0 Å². The van der Waals surface area contributed by atoms with E-state index in [9.17, 15) is 0 Å². The summed E-state index contributed by atoms with van der Waals surface area (Å²) in [6.45, 7) is 0.630. The van der Waals surface area contributed by atoms with Crippen molar-refractivity contribution in [2.45, 2.75) is 6.54 Å². The summed E-state index contributed by atoms with van der Waals surface area (Å²) in [4.78, 5) is 4.39. The SMILES string of the molecule is COc1ccc(CN=C[C]2[CH][CH][CH][CH]2)cc1OC.[CH]1[CH][CH][CH][CH]1.[Fe+2]. The summed E-state index contributed by atoms with van der Waals surface area (Å²) in [5.74, 6) is 2.59. The van der Waals surface area contributed by atoms with Gasteiger partial charge in [-0.1, -0.05) is 6.07 Å². The molecule has 0 saturated heterocycles. The molecular formula is C20H21FeNO2+2. The zero-order chi connectivity index (χ0) is 16.3. The Morgan fingerprint density at radius 1 is 0.833 bits per heavy atom. The summed E-state index contributed by atoms with van der Waals surface area (Å²) in [5.41, 5.74) is 1.09. The molecule has 0 aliphatic heterocycles. The van der Waals surface area contributed by atoms with Gasteiger partial charge in [-0.3, -0.25) is 4.99 Å². The van der Waals surface area contributed by atoms with Gasteiger partial charge in [0.15, 0.2) is 11.5 Å². The van der Waals surface area contributed by atoms with Crippen LogP contribution in [0.25, 0.3) is 0 Å². The molecule has 0 amide bonds. The molecule has 0 heterocycles. The Hall–Kier alpha value is -0.991. The van der Waals surface area contributed by atoms with E-state index in [1.165, 1.54) is 0 Å². The predicted octanol–water partition coefficient (Wildman–Crippen LogP) is 3.70. The average molecular weight is 363 g/mol. The standard InChI is InChI=1S/C15H16NO2.C5H5.Fe/c1-17-14-8-7-13(9-15(14)18-2)11-16-10-12-5-3-4-6-12;1-2-4-5-3-1;/h3-10H,11H2,1-2H3;1-5H;/q;;+2. The first-order chi connectivity index (χ1) is 11.3. The molecule has 2 aliphatic rings. The molecule has 2 saturated carbocycles. The fourth-order valence-electron chi connectivity index (χ4n) is 2.03. The van der Waals surface area contributed by atoms with E-state index in [1.807, 2.05) is 82.2 Å². The number of methoxy groups -OCH3 is 2. The van der Waals surface area contributed by atoms with Crippen molar-refractivity contribution in [2.75, 3.05) is 14.2 Å². The predicted molar refractivity (Wildman–Crippen MR) is 93.7 cm³/mol. The second-order valence-electron chi connectivity index (χ2n) is 4.84. The molecule has 0 spiro atoms. The maximum atomic E-state index is 5.25. The number of hydrogen-bond donors (Lipinski definition) is 0. The molecule has 0 unspecified atom stereocenters. The van der Waals surface area contributed by atoms with E-state index < -0.39 is 0 Å². The van der Waals surface area contributed by atoms with Gasteiger partial charge >= 0.3 is 17.1 Å². The smallest absolute Gasteiger partial charge is 0.493 e. The summed E-state index contributed by atoms with van der Waals surface area (Å²) in [6.07, 6.45) is 19.9. The van der Waals surface area contributed by atoms with Crippen LogP contribution in [0.2, 0.25) is 0 Å². The zero-order valence-corrected chi connectivity index (χ0v) is 14.9. The van der Waals surface area contributed by atoms with Crippen LogP contribution in [0.3, 0.4) is 0 Å². The van der Waals surface area contributed by atoms with Gasteiger partial charge < -0.3 is 9.47 Å². The molecule has 24 heavy (non-hydrogen) atoms. The van der Waals surface area contributed by atoms with Gasteiger partial charge in [-0.2, -0.15) is 0 Å². The first-order valence-corrected chi connectivity index (χ1v) is 7.42. The molecule has 0 N–H and O–H groups in total. The van der Waals surface area contributed by atoms with E-state index in [2.05, 4.69) is 4.99 Å². The Bertz CT molecular complexity index is 473. The summed E-state index contributed by atoms with van der Waals surface area (Å²) in [5, 5.41) is 0. The van der Waals surface area contributed by atoms with Crippen LogP contribution in [0.15, 0.2) is 23.2 Å². The maximum absolute atomic E-state index is 5.25. The topological polar surface area (TPSA) is 30.8 Å². The van der Waals surface area contributed by atoms with E-state index in [0.29, 0.717) is 6.54 Å². The number of hydrogen-bond acceptors (Lipinski definition) is 3. The summed E-state index contributed by atoms with van der Waals surface area (Å²) < 4.78 is 10.4. The van der Waals surface area contributed by atoms with Crippen molar-refractivity contribution in [3.8, 4) is 11.5 Å². The van der Waals surface area contributed by atoms with Crippen molar-refractivity contribution in [2.24, 2.45) is 4.99 Å². The van der Waals surface area contributed by atoms with Crippen molar-refractivity contribution < 1.29 is 26.5 Å². The molecule has 0 bridgehead atoms. The van der Waals surface area contributed by atoms with E-state index in [0.717, 1.165) is 23.0 Å². The van der Waals surface area contributed by atoms with Gasteiger partial charge in [0.1, 0.15) is 0 Å². The van der Waals surface area contributed by atoms with Crippen LogP contribution >= 0.6 is 0 Å². The van der Waals surface area contributed by atoms with Crippen LogP contribution in [-0.2, 0) is 23.6 Å². The molecule has 0 atom stereocenters. The number of ether oxygens (including phenoxy) is 2. The minimum absolute atomic E-state index is 0. The largest absolute Gasteiger partial charge is 2.00 e. The Morgan fingerprint density at radius 3 is 1.96 bits per heavy atom. The van der Waals surface area contributed by atoms with Crippen LogP contribution in [0.4, 0.5) is 0 Å². The van der Waals surface area contributed by atoms with Gasteiger partial charge in [0.2, 0.25) is 0 Å². The Kier molecular flexibility index (Phi) is 10.9. The Labute approximate surface area is 157 Å². The van der Waals surface area contributed by atoms with Crippen molar-refractivity contribution in [3.05, 3.63) is 87.5 Å². The first-order valence-electron chi connectivity index (χ1n) is 7.42. The molecule has 1 aromatic carbocycles. The average Bonchev–Trinajstić information content (AvgIpc) is 3.31. The minimum Gasteiger partial charge on any atom is -0.493 e. The molecule has 1 aromatic rings. The first kappa shape index (κ1) is 21.1. The summed E-state index contributed by atoms with van der Waals surface area (Å²) >= 11 is 0. The third kappa shape index (κ3) is 7.27. The quantitative estimate of drug-likeness (QED) is 0.590. The maximum Gasteiger partial charge on any atom is 2.00 e. The van der Waals surface area contributed by atoms with Crippen LogP contribution in [0.1, 0.15) is 5.56 Å². The van der Waals surface area contributed by atoms with Crippen LogP contribution in [-0.4, -0.2) is 20.4 Å². The molecule has 124 valence electrons. The van der Waals surface area contributed by atoms with E-state index >= 15 is 0 Å². The van der Waals surface area contributed by atoms with E-state index in [4.69, 9.17) is 9.47 Å². The van der Waals surface area contributed by atoms with Gasteiger partial charge in [0.05, 0.1) is 20.8 Å². The number of aliphatic imine (C=N–C) groups is 1. The van der Waals surface area contributed by atoms with Gasteiger partial charge in [-0.05, 0) is 75.5 Å². The summed E-state index contributed by atoms with van der Waals surface area (Å²) in [7, 11) is 3.26. The molecule has 10 radical (unpaired) electrons. The molecule has 2 aliphatic carbocycles. The Morgan fingerprint density at radius 2 is 1.42 bits per heavy atom. The van der Waals surface area contributed by atoms with Crippen LogP contribution < -0.4 is 9.47 Å². The number of rotatable bonds is 5. The normalized spacial score (nSPS) is 17.2. The van der Waals surface area contributed by atoms with E-state index in [1.54, 1.807) is 14.2 Å². The van der Waals surface area contributed by atoms with Crippen molar-refractivity contribution in [1.82, 2.24) is 0 Å². The molecule has 4 heteroatoms. The monoisotopic (exact) mass is 363 g/mol. The fraction of sp³-hybridized carbons (Fsp3) is 0.150. The third-order valence-electron chi connectivity index (χ3n) is 3.21.